The van der Waals surface area contributed by atoms with Gasteiger partial charge in [0, 0.05) is 31.1 Å². The third-order valence-corrected chi connectivity index (χ3v) is 7.84. The summed E-state index contributed by atoms with van der Waals surface area (Å²) in [5.74, 6) is 5.79. The lowest BCUT2D eigenvalue weighted by Crippen LogP contribution is -2.55. The molecule has 3 rings (SSSR count). The van der Waals surface area contributed by atoms with Crippen LogP contribution in [0.25, 0.3) is 0 Å². The standard InChI is InChI=1S/C31H44N2O6/c1-9-22(3)26(32(7)28(35)39-30(4,5)6)27(34)38-31(18-15-23-13-10-12-21(2)20-23)17-11-14-25-24(31)16-19-33(25)29(36)37-8/h10,12-13,20,22,24-26H,9,11,14,16-17,19H2,1-8H3/t22-,24+,25+,26-,31+/m0/s1. The summed E-state index contributed by atoms with van der Waals surface area (Å²) in [6.45, 7) is 11.8. The molecule has 1 aliphatic heterocycles. The Kier molecular flexibility index (Phi) is 9.58. The molecular weight excluding hydrogens is 496 g/mol. The summed E-state index contributed by atoms with van der Waals surface area (Å²) >= 11 is 0. The van der Waals surface area contributed by atoms with Crippen molar-refractivity contribution in [3.63, 3.8) is 0 Å². The van der Waals surface area contributed by atoms with Crippen molar-refractivity contribution in [1.29, 1.82) is 0 Å². The third kappa shape index (κ3) is 7.06. The van der Waals surface area contributed by atoms with Crippen LogP contribution in [0.2, 0.25) is 0 Å². The minimum absolute atomic E-state index is 0.142. The molecule has 8 heteroatoms. The molecule has 2 amide bonds. The molecule has 0 unspecified atom stereocenters. The van der Waals surface area contributed by atoms with Crippen LogP contribution in [-0.4, -0.2) is 71.9 Å². The Labute approximate surface area is 233 Å². The molecule has 8 nitrogen and oxygen atoms in total. The Bertz CT molecular complexity index is 1120. The van der Waals surface area contributed by atoms with Crippen molar-refractivity contribution in [3.05, 3.63) is 35.4 Å². The number of methoxy groups -OCH3 is 1. The molecule has 1 aromatic rings. The fourth-order valence-corrected chi connectivity index (χ4v) is 5.75. The van der Waals surface area contributed by atoms with Crippen LogP contribution in [0, 0.1) is 30.6 Å². The highest BCUT2D eigenvalue weighted by molar-refractivity contribution is 5.82. The average molecular weight is 541 g/mol. The predicted molar refractivity (Wildman–Crippen MR) is 149 cm³/mol. The second-order valence-corrected chi connectivity index (χ2v) is 11.9. The monoisotopic (exact) mass is 540 g/mol. The Balaban J connectivity index is 2.01. The van der Waals surface area contributed by atoms with E-state index in [0.29, 0.717) is 25.8 Å². The molecule has 0 spiro atoms. The fraction of sp³-hybridized carbons (Fsp3) is 0.645. The fourth-order valence-electron chi connectivity index (χ4n) is 5.75. The highest BCUT2D eigenvalue weighted by Gasteiger charge is 2.54. The van der Waals surface area contributed by atoms with Crippen molar-refractivity contribution in [2.45, 2.75) is 96.9 Å². The molecule has 5 atom stereocenters. The normalized spacial score (nSPS) is 23.9. The van der Waals surface area contributed by atoms with Crippen molar-refractivity contribution in [2.24, 2.45) is 11.8 Å². The van der Waals surface area contributed by atoms with Gasteiger partial charge in [-0.25, -0.2) is 14.4 Å². The van der Waals surface area contributed by atoms with Gasteiger partial charge in [0.1, 0.15) is 11.6 Å². The predicted octanol–water partition coefficient (Wildman–Crippen LogP) is 5.55. The number of esters is 1. The molecule has 214 valence electrons. The molecule has 1 saturated heterocycles. The quantitative estimate of drug-likeness (QED) is 0.277. The van der Waals surface area contributed by atoms with Crippen molar-refractivity contribution in [1.82, 2.24) is 9.80 Å². The van der Waals surface area contributed by atoms with Gasteiger partial charge in [0.25, 0.3) is 0 Å². The van der Waals surface area contributed by atoms with Crippen LogP contribution in [0.5, 0.6) is 0 Å². The molecule has 0 bridgehead atoms. The summed E-state index contributed by atoms with van der Waals surface area (Å²) < 4.78 is 17.1. The van der Waals surface area contributed by atoms with Crippen molar-refractivity contribution in [2.75, 3.05) is 20.7 Å². The lowest BCUT2D eigenvalue weighted by Gasteiger charge is -2.44. The van der Waals surface area contributed by atoms with Gasteiger partial charge in [-0.2, -0.15) is 0 Å². The number of likely N-dealkylation sites (N-methyl/N-ethyl adjacent to an activating group) is 1. The molecule has 1 heterocycles. The largest absolute Gasteiger partial charge is 0.453 e. The topological polar surface area (TPSA) is 85.4 Å². The molecule has 39 heavy (non-hydrogen) atoms. The number of nitrogens with zero attached hydrogens (tertiary/aromatic N) is 2. The van der Waals surface area contributed by atoms with Gasteiger partial charge in [-0.1, -0.05) is 38.3 Å². The Hall–Kier alpha value is -3.21. The number of hydrogen-bond acceptors (Lipinski definition) is 6. The third-order valence-electron chi connectivity index (χ3n) is 7.84. The Morgan fingerprint density at radius 1 is 1.23 bits per heavy atom. The van der Waals surface area contributed by atoms with E-state index in [4.69, 9.17) is 14.2 Å². The van der Waals surface area contributed by atoms with Crippen LogP contribution in [0.3, 0.4) is 0 Å². The molecule has 1 aliphatic carbocycles. The summed E-state index contributed by atoms with van der Waals surface area (Å²) in [7, 11) is 2.96. The van der Waals surface area contributed by atoms with Crippen LogP contribution in [-0.2, 0) is 19.0 Å². The number of likely N-dealkylation sites (tertiary alicyclic amines) is 1. The molecule has 0 N–H and O–H groups in total. The molecule has 0 radical (unpaired) electrons. The summed E-state index contributed by atoms with van der Waals surface area (Å²) in [5.41, 5.74) is 0.114. The highest BCUT2D eigenvalue weighted by atomic mass is 16.6. The molecular formula is C31H44N2O6. The molecule has 1 aromatic carbocycles. The number of hydrogen-bond donors (Lipinski definition) is 0. The van der Waals surface area contributed by atoms with Crippen LogP contribution < -0.4 is 0 Å². The van der Waals surface area contributed by atoms with Gasteiger partial charge in [-0.3, -0.25) is 4.90 Å². The number of carbonyl (C=O) groups excluding carboxylic acids is 3. The maximum absolute atomic E-state index is 14.0. The van der Waals surface area contributed by atoms with Crippen LogP contribution in [0.1, 0.15) is 77.8 Å². The van der Waals surface area contributed by atoms with Gasteiger partial charge < -0.3 is 19.1 Å². The second kappa shape index (κ2) is 12.3. The first kappa shape index (κ1) is 30.3. The second-order valence-electron chi connectivity index (χ2n) is 11.9. The van der Waals surface area contributed by atoms with E-state index in [9.17, 15) is 14.4 Å². The van der Waals surface area contributed by atoms with Crippen LogP contribution in [0.4, 0.5) is 9.59 Å². The summed E-state index contributed by atoms with van der Waals surface area (Å²) in [5, 5.41) is 0. The first-order valence-electron chi connectivity index (χ1n) is 13.9. The first-order chi connectivity index (χ1) is 18.3. The van der Waals surface area contributed by atoms with E-state index in [1.54, 1.807) is 32.7 Å². The summed E-state index contributed by atoms with van der Waals surface area (Å²) in [4.78, 5) is 42.6. The number of amides is 2. The van der Waals surface area contributed by atoms with Gasteiger partial charge in [0.05, 0.1) is 7.11 Å². The van der Waals surface area contributed by atoms with Crippen molar-refractivity contribution in [3.8, 4) is 11.8 Å². The van der Waals surface area contributed by atoms with Gasteiger partial charge in [0.2, 0.25) is 0 Å². The van der Waals surface area contributed by atoms with E-state index in [1.165, 1.54) is 12.0 Å². The zero-order valence-electron chi connectivity index (χ0n) is 24.7. The maximum atomic E-state index is 14.0. The van der Waals surface area contributed by atoms with E-state index >= 15 is 0 Å². The zero-order valence-corrected chi connectivity index (χ0v) is 24.7. The minimum Gasteiger partial charge on any atom is -0.453 e. The van der Waals surface area contributed by atoms with Crippen LogP contribution >= 0.6 is 0 Å². The summed E-state index contributed by atoms with van der Waals surface area (Å²) in [6.07, 6.45) is 2.43. The molecule has 2 aliphatic rings. The Morgan fingerprint density at radius 3 is 2.56 bits per heavy atom. The van der Waals surface area contributed by atoms with E-state index in [0.717, 1.165) is 24.0 Å². The number of aryl methyl sites for hydroxylation is 1. The van der Waals surface area contributed by atoms with Gasteiger partial charge in [0.15, 0.2) is 5.60 Å². The van der Waals surface area contributed by atoms with E-state index in [-0.39, 0.29) is 24.0 Å². The number of ether oxygens (including phenoxy) is 3. The highest BCUT2D eigenvalue weighted by Crippen LogP contribution is 2.45. The molecule has 1 saturated carbocycles. The number of rotatable bonds is 5. The number of benzene rings is 1. The van der Waals surface area contributed by atoms with Gasteiger partial charge >= 0.3 is 18.2 Å². The lowest BCUT2D eigenvalue weighted by atomic mass is 9.72. The Morgan fingerprint density at radius 2 is 1.95 bits per heavy atom. The van der Waals surface area contributed by atoms with Crippen molar-refractivity contribution < 1.29 is 28.6 Å². The molecule has 2 fully saturated rings. The maximum Gasteiger partial charge on any atom is 0.410 e. The summed E-state index contributed by atoms with van der Waals surface area (Å²) in [6, 6.07) is 6.90. The van der Waals surface area contributed by atoms with Gasteiger partial charge in [-0.15, -0.1) is 0 Å². The average Bonchev–Trinajstić information content (AvgIpc) is 3.31. The van der Waals surface area contributed by atoms with E-state index < -0.39 is 29.3 Å². The number of carbonyl (C=O) groups is 3. The van der Waals surface area contributed by atoms with Crippen molar-refractivity contribution >= 4 is 18.2 Å². The van der Waals surface area contributed by atoms with E-state index in [1.807, 2.05) is 45.0 Å². The molecule has 0 aromatic heterocycles. The SMILES string of the molecule is CC[C@H](C)[C@@H](C(=O)O[C@@]1(C#Cc2cccc(C)c2)CCC[C@@H]2[C@H]1CCN2C(=O)OC)N(C)C(=O)OC(C)(C)C. The first-order valence-corrected chi connectivity index (χ1v) is 13.9. The van der Waals surface area contributed by atoms with Crippen LogP contribution in [0.15, 0.2) is 24.3 Å². The zero-order chi connectivity index (χ0) is 29.0. The van der Waals surface area contributed by atoms with E-state index in [2.05, 4.69) is 11.8 Å². The lowest BCUT2D eigenvalue weighted by molar-refractivity contribution is -0.170. The number of fused-ring (bicyclic) bond motifs is 1. The smallest absolute Gasteiger partial charge is 0.410 e. The minimum atomic E-state index is -1.10. The van der Waals surface area contributed by atoms with Gasteiger partial charge in [-0.05, 0) is 82.9 Å².